The number of amides is 1. The van der Waals surface area contributed by atoms with Crippen LogP contribution >= 0.6 is 23.4 Å². The second-order valence-electron chi connectivity index (χ2n) is 6.15. The average Bonchev–Trinajstić information content (AvgIpc) is 3.22. The highest BCUT2D eigenvalue weighted by Crippen LogP contribution is 2.38. The smallest absolute Gasteiger partial charge is 0.237 e. The number of anilines is 1. The number of nitrogens with one attached hydrogen (secondary N) is 2. The summed E-state index contributed by atoms with van der Waals surface area (Å²) >= 11 is 7.73. The minimum atomic E-state index is -0.142. The summed E-state index contributed by atoms with van der Waals surface area (Å²) in [6, 6.07) is 15.3. The van der Waals surface area contributed by atoms with Crippen LogP contribution in [-0.2, 0) is 4.79 Å². The van der Waals surface area contributed by atoms with Gasteiger partial charge in [-0.3, -0.25) is 15.1 Å². The number of nitrogens with zero attached hydrogens (tertiary/aromatic N) is 1. The van der Waals surface area contributed by atoms with Gasteiger partial charge in [0.1, 0.15) is 5.84 Å². The third kappa shape index (κ3) is 2.93. The fraction of sp³-hybridized carbons (Fsp3) is 0.100. The van der Waals surface area contributed by atoms with E-state index in [4.69, 9.17) is 17.0 Å². The molecule has 0 unspecified atom stereocenters. The van der Waals surface area contributed by atoms with E-state index >= 15 is 0 Å². The fourth-order valence-electron chi connectivity index (χ4n) is 2.97. The molecule has 2 aromatic rings. The lowest BCUT2D eigenvalue weighted by molar-refractivity contribution is -0.116. The monoisotopic (exact) mass is 381 g/mol. The molecular weight excluding hydrogens is 366 g/mol. The van der Waals surface area contributed by atoms with E-state index in [0.717, 1.165) is 16.3 Å². The Hall–Kier alpha value is -2.50. The Bertz CT molecular complexity index is 979. The lowest BCUT2D eigenvalue weighted by Crippen LogP contribution is -2.29. The molecule has 0 radical (unpaired) electrons. The molecule has 2 aromatic carbocycles. The Kier molecular flexibility index (Phi) is 4.34. The van der Waals surface area contributed by atoms with Gasteiger partial charge in [-0.15, -0.1) is 0 Å². The molecule has 0 aliphatic carbocycles. The first-order valence-electron chi connectivity index (χ1n) is 8.15. The molecule has 2 aliphatic rings. The normalized spacial score (nSPS) is 19.8. The Balaban J connectivity index is 1.61. The quantitative estimate of drug-likeness (QED) is 0.777. The summed E-state index contributed by atoms with van der Waals surface area (Å²) in [4.78, 5) is 13.9. The third-order valence-electron chi connectivity index (χ3n) is 4.36. The summed E-state index contributed by atoms with van der Waals surface area (Å²) in [5.74, 6) is 0.0356. The molecule has 26 heavy (non-hydrogen) atoms. The lowest BCUT2D eigenvalue weighted by Gasteiger charge is -2.17. The van der Waals surface area contributed by atoms with Crippen molar-refractivity contribution in [3.8, 4) is 0 Å². The topological polar surface area (TPSA) is 56.2 Å². The first kappa shape index (κ1) is 16.9. The first-order valence-corrected chi connectivity index (χ1v) is 9.41. The molecule has 2 N–H and O–H groups in total. The van der Waals surface area contributed by atoms with Crippen molar-refractivity contribution < 1.29 is 4.79 Å². The fourth-order valence-corrected chi connectivity index (χ4v) is 4.10. The van der Waals surface area contributed by atoms with E-state index in [1.165, 1.54) is 22.2 Å². The number of aryl methyl sites for hydroxylation is 1. The van der Waals surface area contributed by atoms with Crippen LogP contribution in [0.25, 0.3) is 5.70 Å². The number of rotatable bonds is 2. The van der Waals surface area contributed by atoms with Crippen molar-refractivity contribution in [3.05, 3.63) is 80.7 Å². The number of thioether (sulfide) groups is 1. The van der Waals surface area contributed by atoms with Crippen LogP contribution in [0, 0.1) is 12.3 Å². The van der Waals surface area contributed by atoms with Gasteiger partial charge in [-0.05, 0) is 24.6 Å². The van der Waals surface area contributed by atoms with Gasteiger partial charge in [-0.2, -0.15) is 0 Å². The Labute approximate surface area is 161 Å². The van der Waals surface area contributed by atoms with Crippen LogP contribution in [0.5, 0.6) is 0 Å². The average molecular weight is 382 g/mol. The number of halogens is 1. The van der Waals surface area contributed by atoms with E-state index in [9.17, 15) is 4.79 Å². The first-order chi connectivity index (χ1) is 12.5. The zero-order valence-electron chi connectivity index (χ0n) is 14.0. The minimum absolute atomic E-state index is 0.142. The molecule has 0 atom stereocenters. The molecular formula is C20H16ClN3OS. The van der Waals surface area contributed by atoms with E-state index in [1.807, 2.05) is 17.5 Å². The molecule has 1 fully saturated rings. The molecule has 0 spiro atoms. The summed E-state index contributed by atoms with van der Waals surface area (Å²) in [7, 11) is 0. The number of hydrogen-bond acceptors (Lipinski definition) is 4. The standard InChI is InChI=1S/C20H16ClN3OS/c1-12-6-8-13(9-7-12)16-11-26-20(23-16)14-10-18(25)24(19(14)22)17-5-3-2-4-15(17)21/h2-9,11,22-23H,10H2,1H3. The summed E-state index contributed by atoms with van der Waals surface area (Å²) in [6.45, 7) is 2.05. The van der Waals surface area contributed by atoms with Crippen LogP contribution in [0.3, 0.4) is 0 Å². The SMILES string of the molecule is Cc1ccc(C2=CSC(=C3CC(=O)N(c4ccccc4Cl)C3=N)N2)cc1. The number of carbonyl (C=O) groups excluding carboxylic acids is 1. The Morgan fingerprint density at radius 2 is 1.88 bits per heavy atom. The zero-order valence-corrected chi connectivity index (χ0v) is 15.6. The van der Waals surface area contributed by atoms with Crippen LogP contribution in [0.1, 0.15) is 17.5 Å². The van der Waals surface area contributed by atoms with Gasteiger partial charge in [0.25, 0.3) is 0 Å². The van der Waals surface area contributed by atoms with Gasteiger partial charge in [0, 0.05) is 11.0 Å². The number of benzene rings is 2. The Morgan fingerprint density at radius 1 is 1.15 bits per heavy atom. The maximum absolute atomic E-state index is 12.5. The Morgan fingerprint density at radius 3 is 2.62 bits per heavy atom. The van der Waals surface area contributed by atoms with Crippen molar-refractivity contribution in [3.63, 3.8) is 0 Å². The summed E-state index contributed by atoms with van der Waals surface area (Å²) in [5.41, 5.74) is 4.51. The van der Waals surface area contributed by atoms with E-state index in [2.05, 4.69) is 36.5 Å². The molecule has 0 saturated carbocycles. The van der Waals surface area contributed by atoms with Crippen LogP contribution in [0.4, 0.5) is 5.69 Å². The van der Waals surface area contributed by atoms with E-state index in [-0.39, 0.29) is 18.2 Å². The van der Waals surface area contributed by atoms with Crippen molar-refractivity contribution in [1.82, 2.24) is 5.32 Å². The van der Waals surface area contributed by atoms with Gasteiger partial charge in [0.05, 0.1) is 27.9 Å². The van der Waals surface area contributed by atoms with Crippen molar-refractivity contribution in [2.75, 3.05) is 4.90 Å². The summed E-state index contributed by atoms with van der Waals surface area (Å²) < 4.78 is 0. The van der Waals surface area contributed by atoms with Crippen molar-refractivity contribution in [2.24, 2.45) is 0 Å². The molecule has 6 heteroatoms. The van der Waals surface area contributed by atoms with Crippen molar-refractivity contribution in [2.45, 2.75) is 13.3 Å². The molecule has 2 aliphatic heterocycles. The molecule has 0 bridgehead atoms. The van der Waals surface area contributed by atoms with Gasteiger partial charge in [0.15, 0.2) is 0 Å². The zero-order chi connectivity index (χ0) is 18.3. The van der Waals surface area contributed by atoms with Gasteiger partial charge < -0.3 is 5.32 Å². The van der Waals surface area contributed by atoms with Gasteiger partial charge >= 0.3 is 0 Å². The molecule has 1 amide bonds. The predicted molar refractivity (Wildman–Crippen MR) is 108 cm³/mol. The summed E-state index contributed by atoms with van der Waals surface area (Å²) in [5, 5.41) is 15.2. The van der Waals surface area contributed by atoms with Gasteiger partial charge in [-0.25, -0.2) is 0 Å². The predicted octanol–water partition coefficient (Wildman–Crippen LogP) is 4.91. The van der Waals surface area contributed by atoms with Crippen LogP contribution in [-0.4, -0.2) is 11.7 Å². The largest absolute Gasteiger partial charge is 0.349 e. The highest BCUT2D eigenvalue weighted by atomic mass is 35.5. The van der Waals surface area contributed by atoms with Gasteiger partial charge in [-0.1, -0.05) is 65.3 Å². The van der Waals surface area contributed by atoms with Crippen LogP contribution in [0.2, 0.25) is 5.02 Å². The number of carbonyl (C=O) groups is 1. The lowest BCUT2D eigenvalue weighted by atomic mass is 10.1. The second kappa shape index (κ2) is 6.67. The highest BCUT2D eigenvalue weighted by molar-refractivity contribution is 8.06. The summed E-state index contributed by atoms with van der Waals surface area (Å²) in [6.07, 6.45) is 0.189. The maximum atomic E-state index is 12.5. The minimum Gasteiger partial charge on any atom is -0.349 e. The van der Waals surface area contributed by atoms with Crippen LogP contribution < -0.4 is 10.2 Å². The number of hydrogen-bond donors (Lipinski definition) is 2. The number of amidine groups is 1. The third-order valence-corrected chi connectivity index (χ3v) is 5.62. The molecule has 0 aromatic heterocycles. The number of para-hydroxylation sites is 1. The second-order valence-corrected chi connectivity index (χ2v) is 7.44. The molecule has 4 nitrogen and oxygen atoms in total. The molecule has 130 valence electrons. The highest BCUT2D eigenvalue weighted by Gasteiger charge is 2.36. The van der Waals surface area contributed by atoms with Gasteiger partial charge in [0.2, 0.25) is 5.91 Å². The van der Waals surface area contributed by atoms with E-state index in [0.29, 0.717) is 16.3 Å². The molecule has 2 heterocycles. The van der Waals surface area contributed by atoms with Crippen molar-refractivity contribution >= 4 is 46.5 Å². The maximum Gasteiger partial charge on any atom is 0.237 e. The van der Waals surface area contributed by atoms with Crippen molar-refractivity contribution in [1.29, 1.82) is 5.41 Å². The molecule has 1 saturated heterocycles. The van der Waals surface area contributed by atoms with E-state index < -0.39 is 0 Å². The molecule has 4 rings (SSSR count). The van der Waals surface area contributed by atoms with Crippen LogP contribution in [0.15, 0.2) is 64.5 Å². The van der Waals surface area contributed by atoms with E-state index in [1.54, 1.807) is 12.1 Å².